The highest BCUT2D eigenvalue weighted by atomic mass is 19.4. The highest BCUT2D eigenvalue weighted by Crippen LogP contribution is 2.51. The lowest BCUT2D eigenvalue weighted by molar-refractivity contribution is -0.305. The summed E-state index contributed by atoms with van der Waals surface area (Å²) < 4.78 is 70.0. The molecule has 1 N–H and O–H groups in total. The summed E-state index contributed by atoms with van der Waals surface area (Å²) in [4.78, 5) is 11.2. The maximum atomic E-state index is 13.7. The maximum Gasteiger partial charge on any atom is 0.454 e. The van der Waals surface area contributed by atoms with Gasteiger partial charge in [0.1, 0.15) is 5.75 Å². The summed E-state index contributed by atoms with van der Waals surface area (Å²) in [6.07, 6.45) is -6.69. The fourth-order valence-corrected chi connectivity index (χ4v) is 1.75. The smallest absolute Gasteiger partial charge is 0.410 e. The molecule has 0 radical (unpaired) electrons. The molecular weight excluding hydrogens is 297 g/mol. The number of alkyl halides is 5. The first kappa shape index (κ1) is 17.2. The van der Waals surface area contributed by atoms with Crippen molar-refractivity contribution in [1.29, 1.82) is 0 Å². The van der Waals surface area contributed by atoms with E-state index in [0.717, 1.165) is 26.0 Å². The van der Waals surface area contributed by atoms with Gasteiger partial charge in [0, 0.05) is 12.6 Å². The average molecular weight is 311 g/mol. The number of para-hydroxylation sites is 1. The largest absolute Gasteiger partial charge is 0.454 e. The molecule has 0 aliphatic carbocycles. The average Bonchev–Trinajstić information content (AvgIpc) is 2.37. The standard InChI is InChI=1S/C13H14F5NO2/c1-11(2,12(14,15)13(16,17)18)8-6-4-5-7-9(8)21-10(20)19-3/h4-7H,1-3H3,(H,19,20). The van der Waals surface area contributed by atoms with E-state index in [1.54, 1.807) is 0 Å². The van der Waals surface area contributed by atoms with E-state index in [1.807, 2.05) is 0 Å². The first-order valence-electron chi connectivity index (χ1n) is 5.88. The van der Waals surface area contributed by atoms with Crippen molar-refractivity contribution in [3.8, 4) is 5.75 Å². The van der Waals surface area contributed by atoms with Gasteiger partial charge in [0.2, 0.25) is 0 Å². The normalized spacial score (nSPS) is 13.0. The molecule has 0 unspecified atom stereocenters. The number of benzene rings is 1. The van der Waals surface area contributed by atoms with Gasteiger partial charge in [-0.15, -0.1) is 0 Å². The molecule has 0 spiro atoms. The van der Waals surface area contributed by atoms with E-state index >= 15 is 0 Å². The number of rotatable bonds is 3. The minimum atomic E-state index is -5.73. The summed E-state index contributed by atoms with van der Waals surface area (Å²) in [6.45, 7) is 1.49. The fraction of sp³-hybridized carbons (Fsp3) is 0.462. The quantitative estimate of drug-likeness (QED) is 0.860. The van der Waals surface area contributed by atoms with Gasteiger partial charge in [-0.2, -0.15) is 22.0 Å². The SMILES string of the molecule is CNC(=O)Oc1ccccc1C(C)(C)C(F)(F)C(F)(F)F. The number of ether oxygens (including phenoxy) is 1. The molecule has 21 heavy (non-hydrogen) atoms. The van der Waals surface area contributed by atoms with E-state index in [1.165, 1.54) is 19.2 Å². The summed E-state index contributed by atoms with van der Waals surface area (Å²) in [7, 11) is 1.24. The Morgan fingerprint density at radius 1 is 1.10 bits per heavy atom. The van der Waals surface area contributed by atoms with E-state index in [-0.39, 0.29) is 5.75 Å². The zero-order valence-corrected chi connectivity index (χ0v) is 11.5. The van der Waals surface area contributed by atoms with Gasteiger partial charge in [-0.25, -0.2) is 4.79 Å². The van der Waals surface area contributed by atoms with Crippen LogP contribution in [-0.4, -0.2) is 25.2 Å². The van der Waals surface area contributed by atoms with Crippen LogP contribution in [0.4, 0.5) is 26.7 Å². The van der Waals surface area contributed by atoms with Crippen molar-refractivity contribution in [3.05, 3.63) is 29.8 Å². The molecule has 1 amide bonds. The molecule has 8 heteroatoms. The Kier molecular flexibility index (Phi) is 4.50. The molecule has 1 aromatic carbocycles. The zero-order chi connectivity index (χ0) is 16.5. The third-order valence-electron chi connectivity index (χ3n) is 3.11. The first-order chi connectivity index (χ1) is 9.45. The molecule has 3 nitrogen and oxygen atoms in total. The van der Waals surface area contributed by atoms with E-state index in [4.69, 9.17) is 4.74 Å². The molecule has 1 aromatic rings. The van der Waals surface area contributed by atoms with Gasteiger partial charge >= 0.3 is 18.2 Å². The first-order valence-corrected chi connectivity index (χ1v) is 5.88. The number of halogens is 5. The summed E-state index contributed by atoms with van der Waals surface area (Å²) in [6, 6.07) is 4.88. The van der Waals surface area contributed by atoms with Gasteiger partial charge in [-0.3, -0.25) is 0 Å². The monoisotopic (exact) mass is 311 g/mol. The molecule has 0 atom stereocenters. The number of carbonyl (C=O) groups excluding carboxylic acids is 1. The highest BCUT2D eigenvalue weighted by molar-refractivity contribution is 5.70. The Morgan fingerprint density at radius 2 is 1.62 bits per heavy atom. The lowest BCUT2D eigenvalue weighted by Gasteiger charge is -2.36. The van der Waals surface area contributed by atoms with Crippen LogP contribution in [0.3, 0.4) is 0 Å². The van der Waals surface area contributed by atoms with Crippen LogP contribution < -0.4 is 10.1 Å². The molecule has 0 saturated heterocycles. The molecule has 0 aliphatic rings. The van der Waals surface area contributed by atoms with Gasteiger partial charge in [0.15, 0.2) is 0 Å². The van der Waals surface area contributed by atoms with E-state index in [0.29, 0.717) is 0 Å². The second-order valence-corrected chi connectivity index (χ2v) is 4.83. The molecule has 118 valence electrons. The highest BCUT2D eigenvalue weighted by Gasteiger charge is 2.67. The molecular formula is C13H14F5NO2. The fourth-order valence-electron chi connectivity index (χ4n) is 1.75. The van der Waals surface area contributed by atoms with Gasteiger partial charge in [-0.1, -0.05) is 18.2 Å². The summed E-state index contributed by atoms with van der Waals surface area (Å²) >= 11 is 0. The van der Waals surface area contributed by atoms with Crippen LogP contribution in [0.1, 0.15) is 19.4 Å². The van der Waals surface area contributed by atoms with Crippen LogP contribution in [0.5, 0.6) is 5.75 Å². The zero-order valence-electron chi connectivity index (χ0n) is 11.5. The minimum absolute atomic E-state index is 0.356. The van der Waals surface area contributed by atoms with Crippen LogP contribution in [0.15, 0.2) is 24.3 Å². The second kappa shape index (κ2) is 5.50. The Balaban J connectivity index is 3.35. The molecule has 0 fully saturated rings. The van der Waals surface area contributed by atoms with Crippen LogP contribution in [0.25, 0.3) is 0 Å². The lowest BCUT2D eigenvalue weighted by atomic mass is 9.77. The van der Waals surface area contributed by atoms with Crippen molar-refractivity contribution in [2.75, 3.05) is 7.05 Å². The number of nitrogens with one attached hydrogen (secondary N) is 1. The van der Waals surface area contributed by atoms with Crippen LogP contribution in [0.2, 0.25) is 0 Å². The van der Waals surface area contributed by atoms with Crippen LogP contribution >= 0.6 is 0 Å². The Bertz CT molecular complexity index is 526. The van der Waals surface area contributed by atoms with Crippen molar-refractivity contribution < 1.29 is 31.5 Å². The van der Waals surface area contributed by atoms with E-state index in [2.05, 4.69) is 5.32 Å². The summed E-state index contributed by atoms with van der Waals surface area (Å²) in [5.74, 6) is -5.35. The molecule has 0 aliphatic heterocycles. The molecule has 0 heterocycles. The second-order valence-electron chi connectivity index (χ2n) is 4.83. The van der Waals surface area contributed by atoms with Crippen LogP contribution in [-0.2, 0) is 5.41 Å². The molecule has 0 aromatic heterocycles. The van der Waals surface area contributed by atoms with Gasteiger partial charge in [0.25, 0.3) is 0 Å². The summed E-state index contributed by atoms with van der Waals surface area (Å²) in [5, 5.41) is 2.09. The number of hydrogen-bond donors (Lipinski definition) is 1. The third kappa shape index (κ3) is 3.08. The Labute approximate surface area is 118 Å². The number of amides is 1. The van der Waals surface area contributed by atoms with E-state index < -0.39 is 29.2 Å². The van der Waals surface area contributed by atoms with Crippen molar-refractivity contribution in [1.82, 2.24) is 5.32 Å². The van der Waals surface area contributed by atoms with Gasteiger partial charge in [0.05, 0.1) is 5.41 Å². The predicted molar refractivity (Wildman–Crippen MR) is 65.6 cm³/mol. The van der Waals surface area contributed by atoms with Gasteiger partial charge in [-0.05, 0) is 19.9 Å². The van der Waals surface area contributed by atoms with Gasteiger partial charge < -0.3 is 10.1 Å². The Morgan fingerprint density at radius 3 is 2.10 bits per heavy atom. The number of carbonyl (C=O) groups is 1. The van der Waals surface area contributed by atoms with Crippen LogP contribution in [0, 0.1) is 0 Å². The Hall–Kier alpha value is -1.86. The van der Waals surface area contributed by atoms with Crippen molar-refractivity contribution in [2.45, 2.75) is 31.4 Å². The lowest BCUT2D eigenvalue weighted by Crippen LogP contribution is -2.51. The van der Waals surface area contributed by atoms with Crippen molar-refractivity contribution in [2.24, 2.45) is 0 Å². The van der Waals surface area contributed by atoms with Crippen molar-refractivity contribution in [3.63, 3.8) is 0 Å². The van der Waals surface area contributed by atoms with Crippen molar-refractivity contribution >= 4 is 6.09 Å². The predicted octanol–water partition coefficient (Wildman–Crippen LogP) is 3.88. The molecule has 0 saturated carbocycles. The summed E-state index contributed by atoms with van der Waals surface area (Å²) in [5.41, 5.74) is -3.04. The topological polar surface area (TPSA) is 38.3 Å². The maximum absolute atomic E-state index is 13.7. The van der Waals surface area contributed by atoms with E-state index in [9.17, 15) is 26.7 Å². The third-order valence-corrected chi connectivity index (χ3v) is 3.11. The molecule has 0 bridgehead atoms. The number of hydrogen-bond acceptors (Lipinski definition) is 2. The molecule has 1 rings (SSSR count). The minimum Gasteiger partial charge on any atom is -0.410 e.